The van der Waals surface area contributed by atoms with Crippen LogP contribution in [0, 0.1) is 4.91 Å². The summed E-state index contributed by atoms with van der Waals surface area (Å²) >= 11 is 0. The second-order valence-corrected chi connectivity index (χ2v) is 5.53. The van der Waals surface area contributed by atoms with E-state index in [0.29, 0.717) is 10.8 Å². The average Bonchev–Trinajstić information content (AvgIpc) is 3.20. The van der Waals surface area contributed by atoms with Gasteiger partial charge in [-0.15, -0.1) is 4.91 Å². The van der Waals surface area contributed by atoms with E-state index in [1.807, 2.05) is 0 Å². The molecular formula is C16H12N4O5. The number of carbonyl (C=O) groups is 3. The molecule has 0 saturated heterocycles. The molecule has 4 rings (SSSR count). The lowest BCUT2D eigenvalue weighted by molar-refractivity contribution is 0.0518. The Morgan fingerprint density at radius 3 is 2.36 bits per heavy atom. The molecule has 0 aliphatic carbocycles. The van der Waals surface area contributed by atoms with Crippen molar-refractivity contribution in [3.8, 4) is 0 Å². The first-order chi connectivity index (χ1) is 12.0. The first-order valence-electron chi connectivity index (χ1n) is 7.71. The van der Waals surface area contributed by atoms with Gasteiger partial charge in [0.25, 0.3) is 11.8 Å². The molecule has 126 valence electrons. The highest BCUT2D eigenvalue weighted by atomic mass is 16.5. The Balaban J connectivity index is 2.05. The zero-order chi connectivity index (χ0) is 17.9. The number of hydrogen-bond acceptors (Lipinski definition) is 7. The van der Waals surface area contributed by atoms with Crippen LogP contribution in [0.1, 0.15) is 45.1 Å². The van der Waals surface area contributed by atoms with E-state index in [1.165, 1.54) is 12.3 Å². The summed E-state index contributed by atoms with van der Waals surface area (Å²) in [5.74, 6) is -1.54. The second-order valence-electron chi connectivity index (χ2n) is 5.53. The van der Waals surface area contributed by atoms with Crippen LogP contribution in [-0.4, -0.2) is 45.5 Å². The Kier molecular flexibility index (Phi) is 3.08. The lowest BCUT2D eigenvalue weighted by Gasteiger charge is -2.10. The Labute approximate surface area is 140 Å². The molecule has 4 heterocycles. The van der Waals surface area contributed by atoms with Crippen molar-refractivity contribution < 1.29 is 19.1 Å². The molecule has 0 N–H and O–H groups in total. The van der Waals surface area contributed by atoms with Gasteiger partial charge in [-0.3, -0.25) is 14.5 Å². The van der Waals surface area contributed by atoms with Crippen molar-refractivity contribution >= 4 is 39.6 Å². The molecule has 0 spiro atoms. The van der Waals surface area contributed by atoms with E-state index in [-0.39, 0.29) is 41.0 Å². The van der Waals surface area contributed by atoms with E-state index in [0.717, 1.165) is 9.58 Å². The molecule has 0 saturated carbocycles. The maximum atomic E-state index is 12.5. The Morgan fingerprint density at radius 2 is 1.80 bits per heavy atom. The number of rotatable bonds is 4. The molecule has 0 aromatic carbocycles. The summed E-state index contributed by atoms with van der Waals surface area (Å²) in [5.41, 5.74) is 0.831. The van der Waals surface area contributed by atoms with Crippen molar-refractivity contribution in [1.29, 1.82) is 0 Å². The Hall–Kier alpha value is -3.36. The van der Waals surface area contributed by atoms with E-state index in [4.69, 9.17) is 4.74 Å². The number of carbonyl (C=O) groups excluding carboxylic acids is 3. The molecule has 1 aliphatic heterocycles. The van der Waals surface area contributed by atoms with Gasteiger partial charge >= 0.3 is 5.97 Å². The zero-order valence-corrected chi connectivity index (χ0v) is 13.4. The molecule has 2 amide bonds. The van der Waals surface area contributed by atoms with E-state index >= 15 is 0 Å². The average molecular weight is 340 g/mol. The van der Waals surface area contributed by atoms with Gasteiger partial charge < -0.3 is 4.74 Å². The van der Waals surface area contributed by atoms with Crippen LogP contribution in [0.4, 0.5) is 0 Å². The van der Waals surface area contributed by atoms with Gasteiger partial charge in [0.05, 0.1) is 34.1 Å². The third-order valence-corrected chi connectivity index (χ3v) is 4.36. The van der Waals surface area contributed by atoms with Crippen LogP contribution in [-0.2, 0) is 4.74 Å². The van der Waals surface area contributed by atoms with Crippen LogP contribution in [0.25, 0.3) is 21.8 Å². The summed E-state index contributed by atoms with van der Waals surface area (Å²) in [6.07, 6.45) is 1.39. The van der Waals surface area contributed by atoms with Crippen LogP contribution >= 0.6 is 0 Å². The minimum Gasteiger partial charge on any atom is -0.461 e. The molecule has 0 atom stereocenters. The quantitative estimate of drug-likeness (QED) is 0.408. The number of aromatic nitrogens is 2. The molecule has 3 aromatic rings. The van der Waals surface area contributed by atoms with Gasteiger partial charge in [0.1, 0.15) is 5.69 Å². The van der Waals surface area contributed by atoms with Crippen molar-refractivity contribution in [2.45, 2.75) is 13.8 Å². The van der Waals surface area contributed by atoms with Gasteiger partial charge in [0.2, 0.25) is 0 Å². The molecule has 9 heteroatoms. The van der Waals surface area contributed by atoms with Crippen molar-refractivity contribution in [1.82, 2.24) is 14.6 Å². The lowest BCUT2D eigenvalue weighted by Crippen LogP contribution is -2.29. The number of amides is 2. The summed E-state index contributed by atoms with van der Waals surface area (Å²) in [7, 11) is 0. The van der Waals surface area contributed by atoms with Crippen molar-refractivity contribution in [2.75, 3.05) is 13.2 Å². The normalized spacial score (nSPS) is 13.9. The number of benzene rings is 1. The van der Waals surface area contributed by atoms with E-state index in [9.17, 15) is 19.3 Å². The van der Waals surface area contributed by atoms with E-state index < -0.39 is 17.8 Å². The highest BCUT2D eigenvalue weighted by molar-refractivity contribution is 6.35. The minimum absolute atomic E-state index is 0.0540. The fraction of sp³-hybridized carbons (Fsp3) is 0.250. The maximum absolute atomic E-state index is 12.5. The van der Waals surface area contributed by atoms with E-state index in [2.05, 4.69) is 10.3 Å². The topological polar surface area (TPSA) is 111 Å². The largest absolute Gasteiger partial charge is 0.461 e. The van der Waals surface area contributed by atoms with Gasteiger partial charge in [-0.2, -0.15) is 4.68 Å². The molecule has 25 heavy (non-hydrogen) atoms. The number of nitroso groups, excluding NO2 is 1. The lowest BCUT2D eigenvalue weighted by atomic mass is 10.0. The van der Waals surface area contributed by atoms with Crippen molar-refractivity contribution in [3.05, 3.63) is 34.0 Å². The molecule has 9 nitrogen and oxygen atoms in total. The monoisotopic (exact) mass is 340 g/mol. The second kappa shape index (κ2) is 5.07. The van der Waals surface area contributed by atoms with Crippen molar-refractivity contribution in [3.63, 3.8) is 0 Å². The predicted molar refractivity (Wildman–Crippen MR) is 86.6 cm³/mol. The van der Waals surface area contributed by atoms with Crippen LogP contribution in [0.3, 0.4) is 0 Å². The van der Waals surface area contributed by atoms with Crippen LogP contribution in [0.2, 0.25) is 0 Å². The molecule has 0 fully saturated rings. The Bertz CT molecular complexity index is 1080. The first-order valence-corrected chi connectivity index (χ1v) is 7.71. The summed E-state index contributed by atoms with van der Waals surface area (Å²) in [4.78, 5) is 53.4. The molecule has 3 aromatic heterocycles. The van der Waals surface area contributed by atoms with Gasteiger partial charge in [-0.1, -0.05) is 0 Å². The van der Waals surface area contributed by atoms with Crippen molar-refractivity contribution in [2.24, 2.45) is 5.29 Å². The van der Waals surface area contributed by atoms with Crippen LogP contribution in [0.5, 0.6) is 0 Å². The highest BCUT2D eigenvalue weighted by Crippen LogP contribution is 2.43. The highest BCUT2D eigenvalue weighted by Gasteiger charge is 2.43. The fourth-order valence-electron chi connectivity index (χ4n) is 3.36. The fourth-order valence-corrected chi connectivity index (χ4v) is 3.36. The third-order valence-electron chi connectivity index (χ3n) is 4.36. The zero-order valence-electron chi connectivity index (χ0n) is 13.4. The molecule has 0 unspecified atom stereocenters. The summed E-state index contributed by atoms with van der Waals surface area (Å²) < 4.78 is 5.95. The van der Waals surface area contributed by atoms with Crippen LogP contribution in [0.15, 0.2) is 17.5 Å². The number of fused-ring (bicyclic) bond motifs is 8. The van der Waals surface area contributed by atoms with Crippen LogP contribution < -0.4 is 0 Å². The summed E-state index contributed by atoms with van der Waals surface area (Å²) in [5, 5.41) is 3.89. The standard InChI is InChI=1S/C16H12N4O5/c1-3-19-14(21)10-11(15(19)22)13-8-6-17-9(16(23)25-4-2)5-7(8)12(10)20(13)18-24/h5-6H,3-4H2,1-2H3. The molecule has 1 aliphatic rings. The number of ether oxygens (including phenoxy) is 1. The minimum atomic E-state index is -0.609. The maximum Gasteiger partial charge on any atom is 0.356 e. The molecule has 2 bridgehead atoms. The predicted octanol–water partition coefficient (Wildman–Crippen LogP) is 1.95. The molecule has 0 radical (unpaired) electrons. The number of hydrogen-bond donors (Lipinski definition) is 0. The number of imide groups is 1. The smallest absolute Gasteiger partial charge is 0.356 e. The summed E-state index contributed by atoms with van der Waals surface area (Å²) in [6, 6.07) is 1.45. The number of nitrogens with zero attached hydrogens (tertiary/aromatic N) is 4. The third kappa shape index (κ3) is 1.72. The van der Waals surface area contributed by atoms with Gasteiger partial charge in [0, 0.05) is 23.5 Å². The number of esters is 1. The first kappa shape index (κ1) is 15.2. The van der Waals surface area contributed by atoms with Gasteiger partial charge in [-0.25, -0.2) is 9.78 Å². The SMILES string of the molecule is CCOC(=O)c1cc2c(cn1)c1c3c(c2n1N=O)C(=O)N(CC)C3=O. The Morgan fingerprint density at radius 1 is 1.16 bits per heavy atom. The van der Waals surface area contributed by atoms with Gasteiger partial charge in [-0.05, 0) is 19.9 Å². The summed E-state index contributed by atoms with van der Waals surface area (Å²) in [6.45, 7) is 3.79. The number of pyridine rings is 1. The molecular weight excluding hydrogens is 328 g/mol. The van der Waals surface area contributed by atoms with Gasteiger partial charge in [0.15, 0.2) is 0 Å². The van der Waals surface area contributed by atoms with E-state index in [1.54, 1.807) is 13.8 Å².